The molecule has 3 atom stereocenters. The average Bonchev–Trinajstić information content (AvgIpc) is 2.84. The Morgan fingerprint density at radius 2 is 2.04 bits per heavy atom. The van der Waals surface area contributed by atoms with Gasteiger partial charge in [-0.1, -0.05) is 31.9 Å². The predicted octanol–water partition coefficient (Wildman–Crippen LogP) is 3.61. The minimum Gasteiger partial charge on any atom is -0.481 e. The van der Waals surface area contributed by atoms with Gasteiger partial charge in [-0.25, -0.2) is 0 Å². The second kappa shape index (κ2) is 11.8. The molecule has 5 nitrogen and oxygen atoms in total. The summed E-state index contributed by atoms with van der Waals surface area (Å²) in [5, 5.41) is 18.7. The van der Waals surface area contributed by atoms with E-state index in [9.17, 15) is 23.5 Å². The highest BCUT2D eigenvalue weighted by Crippen LogP contribution is 2.35. The third-order valence-corrected chi connectivity index (χ3v) is 4.97. The van der Waals surface area contributed by atoms with Crippen molar-refractivity contribution in [1.82, 2.24) is 4.90 Å². The third-order valence-electron chi connectivity index (χ3n) is 4.97. The number of nitrogens with zero attached hydrogens (tertiary/aromatic N) is 1. The Hall–Kier alpha value is -1.94. The molecule has 1 saturated heterocycles. The van der Waals surface area contributed by atoms with E-state index in [0.29, 0.717) is 32.1 Å². The number of aliphatic carboxylic acids is 1. The summed E-state index contributed by atoms with van der Waals surface area (Å²) in [4.78, 5) is 23.7. The van der Waals surface area contributed by atoms with Crippen LogP contribution in [0.5, 0.6) is 0 Å². The SMILES string of the molecule is CC#CC[C@H](C)[C@H](O)/C=C/C[C@H]1CC(F)(F)C(=O)N1CCCCCCC(=O)O. The number of halogens is 2. The van der Waals surface area contributed by atoms with Gasteiger partial charge in [0.15, 0.2) is 0 Å². The highest BCUT2D eigenvalue weighted by Gasteiger charge is 2.52. The maximum absolute atomic E-state index is 13.9. The number of alkyl halides is 2. The van der Waals surface area contributed by atoms with Crippen LogP contribution in [0.4, 0.5) is 8.78 Å². The number of amides is 1. The molecular weight excluding hydrogens is 368 g/mol. The molecule has 0 radical (unpaired) electrons. The van der Waals surface area contributed by atoms with E-state index in [0.717, 1.165) is 0 Å². The summed E-state index contributed by atoms with van der Waals surface area (Å²) < 4.78 is 27.7. The van der Waals surface area contributed by atoms with E-state index in [1.165, 1.54) is 4.90 Å². The fraction of sp³-hybridized carbons (Fsp3) is 0.714. The number of hydrogen-bond acceptors (Lipinski definition) is 3. The number of rotatable bonds is 12. The number of hydrogen-bond donors (Lipinski definition) is 2. The number of aliphatic hydroxyl groups excluding tert-OH is 1. The second-order valence-corrected chi connectivity index (χ2v) is 7.38. The molecule has 1 rings (SSSR count). The van der Waals surface area contributed by atoms with Gasteiger partial charge in [0.25, 0.3) is 5.91 Å². The van der Waals surface area contributed by atoms with E-state index in [2.05, 4.69) is 11.8 Å². The Morgan fingerprint density at radius 3 is 2.68 bits per heavy atom. The summed E-state index contributed by atoms with van der Waals surface area (Å²) in [6, 6.07) is -0.587. The zero-order valence-corrected chi connectivity index (χ0v) is 16.7. The van der Waals surface area contributed by atoms with E-state index in [1.807, 2.05) is 6.92 Å². The van der Waals surface area contributed by atoms with Crippen LogP contribution in [-0.2, 0) is 9.59 Å². The van der Waals surface area contributed by atoms with Crippen LogP contribution in [0.25, 0.3) is 0 Å². The Labute approximate surface area is 165 Å². The van der Waals surface area contributed by atoms with Gasteiger partial charge in [0, 0.05) is 31.8 Å². The quantitative estimate of drug-likeness (QED) is 0.299. The van der Waals surface area contributed by atoms with E-state index in [4.69, 9.17) is 5.11 Å². The summed E-state index contributed by atoms with van der Waals surface area (Å²) in [6.45, 7) is 3.83. The summed E-state index contributed by atoms with van der Waals surface area (Å²) in [5.74, 6) is 0.285. The highest BCUT2D eigenvalue weighted by atomic mass is 19.3. The predicted molar refractivity (Wildman–Crippen MR) is 103 cm³/mol. The van der Waals surface area contributed by atoms with Crippen molar-refractivity contribution in [2.75, 3.05) is 6.54 Å². The molecule has 0 saturated carbocycles. The van der Waals surface area contributed by atoms with Gasteiger partial charge < -0.3 is 15.1 Å². The van der Waals surface area contributed by atoms with Gasteiger partial charge in [-0.15, -0.1) is 11.8 Å². The van der Waals surface area contributed by atoms with Gasteiger partial charge >= 0.3 is 11.9 Å². The van der Waals surface area contributed by atoms with Crippen molar-refractivity contribution in [1.29, 1.82) is 0 Å². The summed E-state index contributed by atoms with van der Waals surface area (Å²) >= 11 is 0. The normalized spacial score (nSPS) is 20.8. The first-order valence-corrected chi connectivity index (χ1v) is 9.84. The Kier molecular flexibility index (Phi) is 10.2. The molecule has 1 amide bonds. The molecule has 0 aliphatic carbocycles. The molecule has 0 aromatic carbocycles. The molecule has 0 aromatic rings. The molecule has 0 aromatic heterocycles. The number of carboxylic acid groups (broad SMARTS) is 1. The molecule has 1 aliphatic heterocycles. The molecule has 28 heavy (non-hydrogen) atoms. The first-order chi connectivity index (χ1) is 13.2. The number of unbranched alkanes of at least 4 members (excludes halogenated alkanes) is 3. The second-order valence-electron chi connectivity index (χ2n) is 7.38. The molecule has 1 heterocycles. The van der Waals surface area contributed by atoms with Crippen molar-refractivity contribution in [3.05, 3.63) is 12.2 Å². The average molecular weight is 399 g/mol. The molecule has 1 fully saturated rings. The monoisotopic (exact) mass is 399 g/mol. The molecular formula is C21H31F2NO4. The zero-order chi connectivity index (χ0) is 21.2. The van der Waals surface area contributed by atoms with Crippen LogP contribution in [0.2, 0.25) is 0 Å². The lowest BCUT2D eigenvalue weighted by Crippen LogP contribution is -2.37. The van der Waals surface area contributed by atoms with Crippen LogP contribution in [0, 0.1) is 17.8 Å². The summed E-state index contributed by atoms with van der Waals surface area (Å²) in [5.41, 5.74) is 0. The third kappa shape index (κ3) is 7.97. The van der Waals surface area contributed by atoms with E-state index in [1.54, 1.807) is 19.1 Å². The molecule has 7 heteroatoms. The lowest BCUT2D eigenvalue weighted by atomic mass is 10.00. The summed E-state index contributed by atoms with van der Waals surface area (Å²) in [6.07, 6.45) is 5.45. The van der Waals surface area contributed by atoms with E-state index < -0.39 is 36.4 Å². The Balaban J connectivity index is 2.52. The largest absolute Gasteiger partial charge is 0.481 e. The van der Waals surface area contributed by atoms with Crippen molar-refractivity contribution in [2.45, 2.75) is 83.3 Å². The van der Waals surface area contributed by atoms with Gasteiger partial charge in [0.1, 0.15) is 0 Å². The van der Waals surface area contributed by atoms with Crippen LogP contribution >= 0.6 is 0 Å². The maximum Gasteiger partial charge on any atom is 0.326 e. The molecule has 158 valence electrons. The van der Waals surface area contributed by atoms with E-state index >= 15 is 0 Å². The topological polar surface area (TPSA) is 77.8 Å². The van der Waals surface area contributed by atoms with Gasteiger partial charge in [-0.3, -0.25) is 9.59 Å². The Morgan fingerprint density at radius 1 is 1.36 bits per heavy atom. The van der Waals surface area contributed by atoms with Gasteiger partial charge in [-0.05, 0) is 32.1 Å². The van der Waals surface area contributed by atoms with Crippen LogP contribution in [0.15, 0.2) is 12.2 Å². The zero-order valence-electron chi connectivity index (χ0n) is 16.7. The number of carbonyl (C=O) groups is 2. The van der Waals surface area contributed by atoms with Crippen molar-refractivity contribution in [2.24, 2.45) is 5.92 Å². The standard InChI is InChI=1S/C21H31F2NO4/c1-3-4-10-16(2)18(25)12-9-11-17-15-21(22,23)20(28)24(17)14-8-6-5-7-13-19(26)27/h9,12,16-18,25H,5-8,10-11,13-15H2,1-2H3,(H,26,27)/b12-9+/t16-,17-,18+/m0/s1. The van der Waals surface area contributed by atoms with Crippen LogP contribution < -0.4 is 0 Å². The highest BCUT2D eigenvalue weighted by molar-refractivity contribution is 5.86. The van der Waals surface area contributed by atoms with Gasteiger partial charge in [0.05, 0.1) is 6.10 Å². The number of carbonyl (C=O) groups excluding carboxylic acids is 1. The van der Waals surface area contributed by atoms with Crippen molar-refractivity contribution in [3.63, 3.8) is 0 Å². The van der Waals surface area contributed by atoms with E-state index in [-0.39, 0.29) is 25.3 Å². The van der Waals surface area contributed by atoms with Gasteiger partial charge in [0.2, 0.25) is 0 Å². The number of carboxylic acids is 1. The first-order valence-electron chi connectivity index (χ1n) is 9.84. The fourth-order valence-electron chi connectivity index (χ4n) is 3.22. The first kappa shape index (κ1) is 24.1. The van der Waals surface area contributed by atoms with Crippen LogP contribution in [-0.4, -0.2) is 51.6 Å². The van der Waals surface area contributed by atoms with Crippen LogP contribution in [0.3, 0.4) is 0 Å². The minimum atomic E-state index is -3.34. The lowest BCUT2D eigenvalue weighted by Gasteiger charge is -2.23. The van der Waals surface area contributed by atoms with Gasteiger partial charge in [-0.2, -0.15) is 8.78 Å². The fourth-order valence-corrected chi connectivity index (χ4v) is 3.22. The van der Waals surface area contributed by atoms with Crippen molar-refractivity contribution >= 4 is 11.9 Å². The van der Waals surface area contributed by atoms with Crippen molar-refractivity contribution < 1.29 is 28.6 Å². The minimum absolute atomic E-state index is 0.0581. The summed E-state index contributed by atoms with van der Waals surface area (Å²) in [7, 11) is 0. The molecule has 2 N–H and O–H groups in total. The maximum atomic E-state index is 13.9. The van der Waals surface area contributed by atoms with Crippen LogP contribution in [0.1, 0.15) is 65.2 Å². The lowest BCUT2D eigenvalue weighted by molar-refractivity contribution is -0.148. The van der Waals surface area contributed by atoms with Crippen molar-refractivity contribution in [3.8, 4) is 11.8 Å². The molecule has 0 bridgehead atoms. The molecule has 0 spiro atoms. The Bertz CT molecular complexity index is 609. The molecule has 1 aliphatic rings. The smallest absolute Gasteiger partial charge is 0.326 e. The molecule has 0 unspecified atom stereocenters. The number of likely N-dealkylation sites (tertiary alicyclic amines) is 1. The number of aliphatic hydroxyl groups is 1.